The fourth-order valence-electron chi connectivity index (χ4n) is 1.99. The third-order valence-electron chi connectivity index (χ3n) is 3.21. The summed E-state index contributed by atoms with van der Waals surface area (Å²) in [7, 11) is 0. The van der Waals surface area contributed by atoms with Crippen molar-refractivity contribution in [2.75, 3.05) is 0 Å². The number of hydrogen-bond acceptors (Lipinski definition) is 1. The first kappa shape index (κ1) is 18.8. The quantitative estimate of drug-likeness (QED) is 0.297. The van der Waals surface area contributed by atoms with Crippen LogP contribution >= 0.6 is 0 Å². The van der Waals surface area contributed by atoms with Gasteiger partial charge in [0, 0.05) is 18.9 Å². The molecule has 0 aromatic carbocycles. The molecule has 0 unspecified atom stereocenters. The molecule has 114 valence electrons. The summed E-state index contributed by atoms with van der Waals surface area (Å²) in [5, 5.41) is 8.42. The van der Waals surface area contributed by atoms with Crippen molar-refractivity contribution in [2.24, 2.45) is 0 Å². The minimum Gasteiger partial charge on any atom is -0.478 e. The maximum Gasteiger partial charge on any atom is 0.327 e. The van der Waals surface area contributed by atoms with Crippen molar-refractivity contribution < 1.29 is 9.90 Å². The van der Waals surface area contributed by atoms with E-state index in [2.05, 4.69) is 18.8 Å². The second kappa shape index (κ2) is 15.8. The number of carbonyl (C=O) groups is 1. The number of carboxylic acids is 1. The van der Waals surface area contributed by atoms with E-state index in [4.69, 9.17) is 5.11 Å². The molecule has 2 heteroatoms. The number of rotatable bonds is 12. The highest BCUT2D eigenvalue weighted by atomic mass is 16.4. The molecule has 0 atom stereocenters. The third kappa shape index (κ3) is 16.8. The minimum atomic E-state index is -0.845. The van der Waals surface area contributed by atoms with Crippen LogP contribution in [0.1, 0.15) is 84.0 Å². The molecule has 0 heterocycles. The predicted octanol–water partition coefficient (Wildman–Crippen LogP) is 5.33. The van der Waals surface area contributed by atoms with E-state index in [1.807, 2.05) is 0 Å². The second-order valence-corrected chi connectivity index (χ2v) is 5.21. The Hall–Kier alpha value is -1.23. The molecule has 0 spiro atoms. The largest absolute Gasteiger partial charge is 0.478 e. The normalized spacial score (nSPS) is 10.4. The molecular formula is C18H30O2. The van der Waals surface area contributed by atoms with Gasteiger partial charge in [-0.1, -0.05) is 51.5 Å². The average molecular weight is 278 g/mol. The van der Waals surface area contributed by atoms with Gasteiger partial charge in [-0.15, -0.1) is 11.8 Å². The second-order valence-electron chi connectivity index (χ2n) is 5.21. The highest BCUT2D eigenvalue weighted by Crippen LogP contribution is 2.09. The van der Waals surface area contributed by atoms with Crippen LogP contribution in [0.4, 0.5) is 0 Å². The van der Waals surface area contributed by atoms with Gasteiger partial charge in [-0.2, -0.15) is 0 Å². The zero-order chi connectivity index (χ0) is 14.9. The Balaban J connectivity index is 3.13. The molecule has 0 radical (unpaired) electrons. The molecule has 0 amide bonds. The maximum absolute atomic E-state index is 10.2. The number of allylic oxidation sites excluding steroid dienone is 1. The lowest BCUT2D eigenvalue weighted by Gasteiger charge is -1.99. The molecule has 1 N–H and O–H groups in total. The van der Waals surface area contributed by atoms with Crippen LogP contribution in [0, 0.1) is 11.8 Å². The van der Waals surface area contributed by atoms with Crippen LogP contribution in [0.3, 0.4) is 0 Å². The van der Waals surface area contributed by atoms with Gasteiger partial charge < -0.3 is 5.11 Å². The molecule has 0 fully saturated rings. The van der Waals surface area contributed by atoms with Crippen LogP contribution in [0.25, 0.3) is 0 Å². The van der Waals surface area contributed by atoms with E-state index in [1.54, 1.807) is 6.08 Å². The highest BCUT2D eigenvalue weighted by molar-refractivity contribution is 5.79. The highest BCUT2D eigenvalue weighted by Gasteiger charge is 1.91. The van der Waals surface area contributed by atoms with Crippen LogP contribution < -0.4 is 0 Å². The van der Waals surface area contributed by atoms with Crippen molar-refractivity contribution >= 4 is 5.97 Å². The van der Waals surface area contributed by atoms with Crippen molar-refractivity contribution in [3.8, 4) is 11.8 Å². The topological polar surface area (TPSA) is 37.3 Å². The van der Waals surface area contributed by atoms with E-state index >= 15 is 0 Å². The number of hydrogen-bond donors (Lipinski definition) is 1. The molecule has 0 saturated heterocycles. The van der Waals surface area contributed by atoms with E-state index in [1.165, 1.54) is 57.4 Å². The van der Waals surface area contributed by atoms with Crippen molar-refractivity contribution in [1.82, 2.24) is 0 Å². The number of carboxylic acid groups (broad SMARTS) is 1. The molecule has 0 saturated carbocycles. The average Bonchev–Trinajstić information content (AvgIpc) is 2.43. The summed E-state index contributed by atoms with van der Waals surface area (Å²) in [6.07, 6.45) is 17.2. The molecule has 0 aromatic rings. The zero-order valence-corrected chi connectivity index (χ0v) is 13.0. The molecule has 0 rings (SSSR count). The lowest BCUT2D eigenvalue weighted by molar-refractivity contribution is -0.131. The fourth-order valence-corrected chi connectivity index (χ4v) is 1.99. The maximum atomic E-state index is 10.2. The Morgan fingerprint density at radius 2 is 1.45 bits per heavy atom. The lowest BCUT2D eigenvalue weighted by Crippen LogP contribution is -1.85. The third-order valence-corrected chi connectivity index (χ3v) is 3.21. The molecule has 0 aliphatic rings. The van der Waals surface area contributed by atoms with Crippen molar-refractivity contribution in [3.63, 3.8) is 0 Å². The van der Waals surface area contributed by atoms with Crippen LogP contribution in [0.15, 0.2) is 12.2 Å². The van der Waals surface area contributed by atoms with Gasteiger partial charge in [0.1, 0.15) is 0 Å². The summed E-state index contributed by atoms with van der Waals surface area (Å²) in [5.74, 6) is 5.63. The Bertz CT molecular complexity index is 307. The monoisotopic (exact) mass is 278 g/mol. The van der Waals surface area contributed by atoms with Crippen molar-refractivity contribution in [2.45, 2.75) is 84.0 Å². The van der Waals surface area contributed by atoms with E-state index in [0.29, 0.717) is 0 Å². The Morgan fingerprint density at radius 1 is 0.900 bits per heavy atom. The van der Waals surface area contributed by atoms with E-state index in [9.17, 15) is 4.79 Å². The lowest BCUT2D eigenvalue weighted by atomic mass is 10.1. The van der Waals surface area contributed by atoms with Gasteiger partial charge in [0.25, 0.3) is 0 Å². The summed E-state index contributed by atoms with van der Waals surface area (Å²) in [5.41, 5.74) is 0. The zero-order valence-electron chi connectivity index (χ0n) is 13.0. The minimum absolute atomic E-state index is 0.845. The summed E-state index contributed by atoms with van der Waals surface area (Å²) in [6, 6.07) is 0. The molecule has 0 aliphatic carbocycles. The van der Waals surface area contributed by atoms with Gasteiger partial charge in [-0.3, -0.25) is 0 Å². The molecular weight excluding hydrogens is 248 g/mol. The molecule has 0 aliphatic heterocycles. The van der Waals surface area contributed by atoms with Gasteiger partial charge >= 0.3 is 5.97 Å². The van der Waals surface area contributed by atoms with E-state index < -0.39 is 5.97 Å². The summed E-state index contributed by atoms with van der Waals surface area (Å²) in [6.45, 7) is 2.20. The van der Waals surface area contributed by atoms with Crippen LogP contribution in [-0.4, -0.2) is 11.1 Å². The van der Waals surface area contributed by atoms with Crippen LogP contribution in [0.5, 0.6) is 0 Å². The summed E-state index contributed by atoms with van der Waals surface area (Å²) in [4.78, 5) is 10.2. The standard InChI is InChI=1S/C18H30O2/c1-2-3-4-5-6-7-8-9-10-11-12-13-14-15-16-17-18(19)20/h16-17H,2-4,7-15H2,1H3,(H,19,20)/b17-16+. The number of aliphatic carboxylic acids is 1. The van der Waals surface area contributed by atoms with Crippen LogP contribution in [0.2, 0.25) is 0 Å². The van der Waals surface area contributed by atoms with E-state index in [-0.39, 0.29) is 0 Å². The first-order chi connectivity index (χ1) is 9.77. The summed E-state index contributed by atoms with van der Waals surface area (Å²) < 4.78 is 0. The Kier molecular flexibility index (Phi) is 14.9. The van der Waals surface area contributed by atoms with Gasteiger partial charge in [-0.05, 0) is 25.7 Å². The van der Waals surface area contributed by atoms with Crippen molar-refractivity contribution in [1.29, 1.82) is 0 Å². The van der Waals surface area contributed by atoms with Gasteiger partial charge in [0.15, 0.2) is 0 Å². The molecule has 0 aromatic heterocycles. The van der Waals surface area contributed by atoms with Crippen LogP contribution in [-0.2, 0) is 4.79 Å². The molecule has 0 bridgehead atoms. The summed E-state index contributed by atoms with van der Waals surface area (Å²) >= 11 is 0. The first-order valence-corrected chi connectivity index (χ1v) is 8.12. The van der Waals surface area contributed by atoms with Gasteiger partial charge in [0.05, 0.1) is 0 Å². The predicted molar refractivity (Wildman–Crippen MR) is 85.6 cm³/mol. The van der Waals surface area contributed by atoms with Gasteiger partial charge in [0.2, 0.25) is 0 Å². The Morgan fingerprint density at radius 3 is 2.05 bits per heavy atom. The number of unbranched alkanes of at least 4 members (excludes halogenated alkanes) is 10. The Labute approximate surface area is 124 Å². The van der Waals surface area contributed by atoms with Crippen molar-refractivity contribution in [3.05, 3.63) is 12.2 Å². The van der Waals surface area contributed by atoms with E-state index in [0.717, 1.165) is 25.7 Å². The van der Waals surface area contributed by atoms with Gasteiger partial charge in [-0.25, -0.2) is 4.79 Å². The SMILES string of the molecule is CCCCC#CCCCCCCCCC/C=C/C(=O)O. The molecule has 20 heavy (non-hydrogen) atoms. The first-order valence-electron chi connectivity index (χ1n) is 8.12. The molecule has 2 nitrogen and oxygen atoms in total. The smallest absolute Gasteiger partial charge is 0.327 e. The fraction of sp³-hybridized carbons (Fsp3) is 0.722.